The molecule has 0 aromatic heterocycles. The molecule has 0 atom stereocenters. The predicted octanol–water partition coefficient (Wildman–Crippen LogP) is 0.860. The second kappa shape index (κ2) is 6.59. The number of hydrogen-bond donors (Lipinski definition) is 1. The molecule has 1 saturated carbocycles. The maximum atomic E-state index is 12.6. The van der Waals surface area contributed by atoms with E-state index >= 15 is 0 Å². The van der Waals surface area contributed by atoms with Crippen molar-refractivity contribution < 1.29 is 37.0 Å². The van der Waals surface area contributed by atoms with Crippen LogP contribution in [0.1, 0.15) is 19.3 Å². The lowest BCUT2D eigenvalue weighted by Crippen LogP contribution is -2.34. The molecule has 1 N–H and O–H groups in total. The number of nitrogens with one attached hydrogen (secondary N) is 1. The van der Waals surface area contributed by atoms with Gasteiger partial charge in [0.15, 0.2) is 0 Å². The van der Waals surface area contributed by atoms with Gasteiger partial charge in [0.2, 0.25) is 0 Å². The summed E-state index contributed by atoms with van der Waals surface area (Å²) in [5.41, 5.74) is -1.65. The summed E-state index contributed by atoms with van der Waals surface area (Å²) in [6.45, 7) is 0. The molecule has 21 heavy (non-hydrogen) atoms. The number of hydrogen-bond acceptors (Lipinski definition) is 6. The Bertz CT molecular complexity index is 480. The number of alkyl halides is 3. The topological polar surface area (TPSA) is 81.7 Å². The Balaban J connectivity index is 3.24. The molecule has 1 rings (SSSR count). The third-order valence-corrected chi connectivity index (χ3v) is 2.68. The predicted molar refractivity (Wildman–Crippen MR) is 62.9 cm³/mol. The molecule has 1 fully saturated rings. The minimum absolute atomic E-state index is 0.176. The van der Waals surface area contributed by atoms with E-state index in [1.54, 1.807) is 0 Å². The summed E-state index contributed by atoms with van der Waals surface area (Å²) in [4.78, 5) is 34.2. The van der Waals surface area contributed by atoms with Crippen LogP contribution >= 0.6 is 0 Å². The van der Waals surface area contributed by atoms with Crippen LogP contribution in [0.3, 0.4) is 0 Å². The van der Waals surface area contributed by atoms with E-state index < -0.39 is 41.6 Å². The third kappa shape index (κ3) is 4.76. The van der Waals surface area contributed by atoms with Crippen LogP contribution in [0.5, 0.6) is 0 Å². The van der Waals surface area contributed by atoms with Crippen molar-refractivity contribution >= 4 is 17.7 Å². The van der Waals surface area contributed by atoms with Gasteiger partial charge in [-0.1, -0.05) is 0 Å². The van der Waals surface area contributed by atoms with Crippen LogP contribution < -0.4 is 5.32 Å². The quantitative estimate of drug-likeness (QED) is 0.339. The lowest BCUT2D eigenvalue weighted by atomic mass is 10.1. The average Bonchev–Trinajstić information content (AvgIpc) is 3.21. The van der Waals surface area contributed by atoms with Crippen molar-refractivity contribution in [2.45, 2.75) is 31.5 Å². The Morgan fingerprint density at radius 1 is 1.14 bits per heavy atom. The van der Waals surface area contributed by atoms with Crippen molar-refractivity contribution in [2.75, 3.05) is 14.2 Å². The second-order valence-electron chi connectivity index (χ2n) is 4.34. The Labute approximate surface area is 118 Å². The van der Waals surface area contributed by atoms with Crippen LogP contribution in [0.25, 0.3) is 0 Å². The molecule has 0 spiro atoms. The molecule has 6 nitrogen and oxygen atoms in total. The van der Waals surface area contributed by atoms with Crippen LogP contribution in [-0.4, -0.2) is 44.2 Å². The number of methoxy groups -OCH3 is 2. The van der Waals surface area contributed by atoms with Gasteiger partial charge in [0, 0.05) is 11.7 Å². The van der Waals surface area contributed by atoms with Gasteiger partial charge in [-0.15, -0.1) is 0 Å². The zero-order valence-corrected chi connectivity index (χ0v) is 11.4. The summed E-state index contributed by atoms with van der Waals surface area (Å²) in [5.74, 6) is -4.69. The van der Waals surface area contributed by atoms with Gasteiger partial charge in [-0.2, -0.15) is 13.2 Å². The molecule has 1 aliphatic carbocycles. The first-order valence-corrected chi connectivity index (χ1v) is 5.97. The number of ketones is 1. The van der Waals surface area contributed by atoms with Gasteiger partial charge in [-0.25, -0.2) is 4.79 Å². The van der Waals surface area contributed by atoms with E-state index in [0.717, 1.165) is 14.2 Å². The van der Waals surface area contributed by atoms with E-state index in [4.69, 9.17) is 0 Å². The molecule has 0 bridgehead atoms. The molecule has 0 radical (unpaired) electrons. The molecule has 0 saturated heterocycles. The van der Waals surface area contributed by atoms with Crippen LogP contribution in [0.15, 0.2) is 11.3 Å². The first-order chi connectivity index (χ1) is 9.70. The van der Waals surface area contributed by atoms with Crippen molar-refractivity contribution in [1.29, 1.82) is 0 Å². The van der Waals surface area contributed by atoms with Crippen molar-refractivity contribution in [2.24, 2.45) is 0 Å². The second-order valence-corrected chi connectivity index (χ2v) is 4.34. The number of carbonyl (C=O) groups is 3. The molecule has 1 aliphatic rings. The van der Waals surface area contributed by atoms with Crippen molar-refractivity contribution in [3.8, 4) is 0 Å². The Hall–Kier alpha value is -2.06. The molecular formula is C12H14F3NO5. The third-order valence-electron chi connectivity index (χ3n) is 2.68. The Morgan fingerprint density at radius 3 is 2.10 bits per heavy atom. The zero-order chi connectivity index (χ0) is 16.2. The molecule has 0 amide bonds. The summed E-state index contributed by atoms with van der Waals surface area (Å²) >= 11 is 0. The Morgan fingerprint density at radius 2 is 1.71 bits per heavy atom. The number of halogens is 3. The van der Waals surface area contributed by atoms with Gasteiger partial charge < -0.3 is 14.8 Å². The highest BCUT2D eigenvalue weighted by atomic mass is 19.4. The molecule has 0 unspecified atom stereocenters. The lowest BCUT2D eigenvalue weighted by molar-refractivity contribution is -0.168. The molecule has 118 valence electrons. The molecule has 0 aromatic carbocycles. The summed E-state index contributed by atoms with van der Waals surface area (Å²) in [7, 11) is 1.89. The average molecular weight is 309 g/mol. The normalized spacial score (nSPS) is 15.9. The van der Waals surface area contributed by atoms with Gasteiger partial charge in [0.25, 0.3) is 5.78 Å². The summed E-state index contributed by atoms with van der Waals surface area (Å²) < 4.78 is 46.4. The minimum Gasteiger partial charge on any atom is -0.469 e. The van der Waals surface area contributed by atoms with E-state index in [0.29, 0.717) is 12.8 Å². The SMILES string of the molecule is COC(=O)C/C(NC1CC1)=C(/C(=O)OC)C(=O)C(F)(F)F. The van der Waals surface area contributed by atoms with E-state index in [2.05, 4.69) is 14.8 Å². The highest BCUT2D eigenvalue weighted by Crippen LogP contribution is 2.27. The number of ether oxygens (including phenoxy) is 2. The van der Waals surface area contributed by atoms with Gasteiger partial charge in [0.05, 0.1) is 20.6 Å². The zero-order valence-electron chi connectivity index (χ0n) is 11.4. The first kappa shape index (κ1) is 17.0. The smallest absolute Gasteiger partial charge is 0.455 e. The maximum absolute atomic E-state index is 12.6. The fourth-order valence-electron chi connectivity index (χ4n) is 1.50. The van der Waals surface area contributed by atoms with Gasteiger partial charge in [0.1, 0.15) is 5.57 Å². The molecule has 0 aromatic rings. The van der Waals surface area contributed by atoms with Crippen LogP contribution in [-0.2, 0) is 23.9 Å². The van der Waals surface area contributed by atoms with Gasteiger partial charge in [-0.05, 0) is 12.8 Å². The van der Waals surface area contributed by atoms with Crippen molar-refractivity contribution in [3.63, 3.8) is 0 Å². The maximum Gasteiger partial charge on any atom is 0.455 e. The number of rotatable bonds is 6. The summed E-state index contributed by atoms with van der Waals surface area (Å²) in [6, 6.07) is -0.176. The monoisotopic (exact) mass is 309 g/mol. The van der Waals surface area contributed by atoms with Crippen LogP contribution in [0.4, 0.5) is 13.2 Å². The first-order valence-electron chi connectivity index (χ1n) is 5.97. The molecular weight excluding hydrogens is 295 g/mol. The van der Waals surface area contributed by atoms with Crippen LogP contribution in [0, 0.1) is 0 Å². The van der Waals surface area contributed by atoms with Gasteiger partial charge >= 0.3 is 18.1 Å². The van der Waals surface area contributed by atoms with Crippen molar-refractivity contribution in [3.05, 3.63) is 11.3 Å². The fourth-order valence-corrected chi connectivity index (χ4v) is 1.50. The van der Waals surface area contributed by atoms with Crippen LogP contribution in [0.2, 0.25) is 0 Å². The van der Waals surface area contributed by atoms with E-state index in [1.807, 2.05) is 0 Å². The standard InChI is InChI=1S/C12H14F3NO5/c1-20-8(17)5-7(16-6-3-4-6)9(11(19)21-2)10(18)12(13,14)15/h6,16H,3-5H2,1-2H3/b9-7-. The van der Waals surface area contributed by atoms with E-state index in [1.165, 1.54) is 0 Å². The largest absolute Gasteiger partial charge is 0.469 e. The fraction of sp³-hybridized carbons (Fsp3) is 0.583. The summed E-state index contributed by atoms with van der Waals surface area (Å²) in [6.07, 6.45) is -4.58. The number of Topliss-reactive ketones (excluding diaryl/α,β-unsaturated/α-hetero) is 1. The van der Waals surface area contributed by atoms with Gasteiger partial charge in [-0.3, -0.25) is 9.59 Å². The van der Waals surface area contributed by atoms with E-state index in [9.17, 15) is 27.6 Å². The minimum atomic E-state index is -5.25. The number of esters is 2. The molecule has 9 heteroatoms. The molecule has 0 heterocycles. The highest BCUT2D eigenvalue weighted by Gasteiger charge is 2.45. The summed E-state index contributed by atoms with van der Waals surface area (Å²) in [5, 5.41) is 2.58. The number of carbonyl (C=O) groups excluding carboxylic acids is 3. The lowest BCUT2D eigenvalue weighted by Gasteiger charge is -2.15. The van der Waals surface area contributed by atoms with E-state index in [-0.39, 0.29) is 6.04 Å². The highest BCUT2D eigenvalue weighted by molar-refractivity contribution is 6.20. The molecule has 0 aliphatic heterocycles. The van der Waals surface area contributed by atoms with Crippen molar-refractivity contribution in [1.82, 2.24) is 5.32 Å². The Kier molecular flexibility index (Phi) is 5.34.